The van der Waals surface area contributed by atoms with E-state index in [1.807, 2.05) is 20.8 Å². The quantitative estimate of drug-likeness (QED) is 0.696. The number of carbonyl (C=O) groups excluding carboxylic acids is 3. The molecule has 2 aliphatic rings. The monoisotopic (exact) mass is 465 g/mol. The van der Waals surface area contributed by atoms with Crippen LogP contribution in [0.5, 0.6) is 0 Å². The molecule has 0 unspecified atom stereocenters. The highest BCUT2D eigenvalue weighted by Gasteiger charge is 2.26. The Kier molecular flexibility index (Phi) is 7.84. The Hall–Kier alpha value is -2.52. The number of amides is 4. The number of hydrogen-bond acceptors (Lipinski definition) is 5. The summed E-state index contributed by atoms with van der Waals surface area (Å²) in [7, 11) is 0. The van der Waals surface area contributed by atoms with Gasteiger partial charge in [-0.25, -0.2) is 9.59 Å². The van der Waals surface area contributed by atoms with E-state index < -0.39 is 5.60 Å². The third-order valence-electron chi connectivity index (χ3n) is 5.32. The van der Waals surface area contributed by atoms with Crippen LogP contribution in [0.3, 0.4) is 0 Å². The van der Waals surface area contributed by atoms with Gasteiger partial charge < -0.3 is 25.2 Å². The molecule has 4 amide bonds. The van der Waals surface area contributed by atoms with Crippen LogP contribution in [-0.2, 0) is 9.53 Å². The van der Waals surface area contributed by atoms with Crippen LogP contribution in [0.1, 0.15) is 33.6 Å². The number of anilines is 2. The number of urea groups is 1. The molecule has 0 atom stereocenters. The van der Waals surface area contributed by atoms with E-state index >= 15 is 0 Å². The Morgan fingerprint density at radius 3 is 2.47 bits per heavy atom. The zero-order valence-corrected chi connectivity index (χ0v) is 19.7. The van der Waals surface area contributed by atoms with Crippen molar-refractivity contribution in [3.05, 3.63) is 23.2 Å². The fraction of sp³-hybridized carbons (Fsp3) is 0.591. The summed E-state index contributed by atoms with van der Waals surface area (Å²) in [5, 5.41) is 6.01. The molecule has 0 radical (unpaired) electrons. The van der Waals surface area contributed by atoms with Crippen molar-refractivity contribution in [2.75, 3.05) is 56.0 Å². The van der Waals surface area contributed by atoms with Gasteiger partial charge >= 0.3 is 12.1 Å². The van der Waals surface area contributed by atoms with E-state index in [-0.39, 0.29) is 18.0 Å². The average Bonchev–Trinajstić information content (AvgIpc) is 3.15. The van der Waals surface area contributed by atoms with Crippen molar-refractivity contribution in [1.82, 2.24) is 15.1 Å². The smallest absolute Gasteiger partial charge is 0.410 e. The van der Waals surface area contributed by atoms with Gasteiger partial charge in [-0.15, -0.1) is 0 Å². The molecular weight excluding hydrogens is 434 g/mol. The van der Waals surface area contributed by atoms with E-state index in [2.05, 4.69) is 15.5 Å². The Morgan fingerprint density at radius 2 is 1.84 bits per heavy atom. The first-order valence-corrected chi connectivity index (χ1v) is 11.4. The third kappa shape index (κ3) is 6.74. The Bertz CT molecular complexity index is 849. The van der Waals surface area contributed by atoms with Crippen molar-refractivity contribution in [1.29, 1.82) is 0 Å². The van der Waals surface area contributed by atoms with Crippen LogP contribution in [-0.4, -0.2) is 79.2 Å². The molecule has 0 spiro atoms. The molecule has 2 fully saturated rings. The molecular formula is C22H32ClN5O4. The van der Waals surface area contributed by atoms with Crippen LogP contribution in [0, 0.1) is 0 Å². The van der Waals surface area contributed by atoms with Gasteiger partial charge in [0.05, 0.1) is 10.7 Å². The number of rotatable bonds is 5. The molecule has 1 aromatic carbocycles. The van der Waals surface area contributed by atoms with Gasteiger partial charge in [-0.1, -0.05) is 11.6 Å². The van der Waals surface area contributed by atoms with Gasteiger partial charge in [-0.2, -0.15) is 0 Å². The number of nitrogens with one attached hydrogen (secondary N) is 2. The molecule has 0 saturated carbocycles. The van der Waals surface area contributed by atoms with Gasteiger partial charge in [0.15, 0.2) is 0 Å². The van der Waals surface area contributed by atoms with Gasteiger partial charge in [-0.3, -0.25) is 9.69 Å². The summed E-state index contributed by atoms with van der Waals surface area (Å²) in [6, 6.07) is 4.83. The predicted octanol–water partition coefficient (Wildman–Crippen LogP) is 3.14. The molecule has 3 rings (SSSR count). The zero-order chi connectivity index (χ0) is 23.3. The van der Waals surface area contributed by atoms with E-state index in [1.54, 1.807) is 28.0 Å². The summed E-state index contributed by atoms with van der Waals surface area (Å²) >= 11 is 6.22. The van der Waals surface area contributed by atoms with Crippen molar-refractivity contribution < 1.29 is 19.1 Å². The minimum Gasteiger partial charge on any atom is -0.444 e. The minimum atomic E-state index is -0.502. The second-order valence-electron chi connectivity index (χ2n) is 9.00. The lowest BCUT2D eigenvalue weighted by Gasteiger charge is -2.35. The van der Waals surface area contributed by atoms with Crippen molar-refractivity contribution in [3.8, 4) is 0 Å². The van der Waals surface area contributed by atoms with Crippen molar-refractivity contribution in [2.24, 2.45) is 0 Å². The maximum atomic E-state index is 12.3. The number of halogens is 1. The fourth-order valence-corrected chi connectivity index (χ4v) is 3.84. The molecule has 32 heavy (non-hydrogen) atoms. The average molecular weight is 466 g/mol. The van der Waals surface area contributed by atoms with Crippen LogP contribution in [0.25, 0.3) is 0 Å². The summed E-state index contributed by atoms with van der Waals surface area (Å²) in [6.45, 7) is 10.0. The lowest BCUT2D eigenvalue weighted by molar-refractivity contribution is -0.117. The first-order chi connectivity index (χ1) is 15.1. The molecule has 2 aliphatic heterocycles. The molecule has 10 heteroatoms. The summed E-state index contributed by atoms with van der Waals surface area (Å²) in [5.74, 6) is 0.0782. The highest BCUT2D eigenvalue weighted by atomic mass is 35.5. The number of nitrogens with zero attached hydrogens (tertiary/aromatic N) is 3. The van der Waals surface area contributed by atoms with E-state index in [4.69, 9.17) is 16.3 Å². The van der Waals surface area contributed by atoms with E-state index in [0.29, 0.717) is 49.9 Å². The maximum absolute atomic E-state index is 12.3. The molecule has 176 valence electrons. The van der Waals surface area contributed by atoms with Crippen LogP contribution < -0.4 is 15.5 Å². The Labute approximate surface area is 194 Å². The van der Waals surface area contributed by atoms with Crippen LogP contribution in [0.4, 0.5) is 21.0 Å². The van der Waals surface area contributed by atoms with Gasteiger partial charge in [0.25, 0.3) is 0 Å². The lowest BCUT2D eigenvalue weighted by Crippen LogP contribution is -2.51. The molecule has 2 heterocycles. The van der Waals surface area contributed by atoms with Gasteiger partial charge in [0, 0.05) is 57.9 Å². The van der Waals surface area contributed by atoms with E-state index in [0.717, 1.165) is 25.2 Å². The molecule has 9 nitrogen and oxygen atoms in total. The lowest BCUT2D eigenvalue weighted by atomic mass is 10.2. The van der Waals surface area contributed by atoms with E-state index in [1.165, 1.54) is 0 Å². The fourth-order valence-electron chi connectivity index (χ4n) is 3.67. The number of hydrogen-bond donors (Lipinski definition) is 2. The summed E-state index contributed by atoms with van der Waals surface area (Å²) in [6.07, 6.45) is 1.08. The molecule has 0 aromatic heterocycles. The third-order valence-corrected chi connectivity index (χ3v) is 5.65. The zero-order valence-electron chi connectivity index (χ0n) is 18.9. The summed E-state index contributed by atoms with van der Waals surface area (Å²) in [5.41, 5.74) is 0.695. The normalized spacial score (nSPS) is 17.4. The summed E-state index contributed by atoms with van der Waals surface area (Å²) in [4.78, 5) is 42.0. The minimum absolute atomic E-state index is 0.0782. The van der Waals surface area contributed by atoms with Crippen LogP contribution in [0.15, 0.2) is 18.2 Å². The first kappa shape index (κ1) is 24.1. The highest BCUT2D eigenvalue weighted by Crippen LogP contribution is 2.29. The number of ether oxygens (including phenoxy) is 1. The standard InChI is InChI=1S/C22H32ClN5O4/c1-22(2,3)32-21(31)27-13-11-26(12-14-27)10-8-24-20(30)25-18-15-16(6-7-17(18)23)28-9-4-5-19(28)29/h6-7,15H,4-5,8-14H2,1-3H3,(H2,24,25,30). The Morgan fingerprint density at radius 1 is 1.12 bits per heavy atom. The largest absolute Gasteiger partial charge is 0.444 e. The summed E-state index contributed by atoms with van der Waals surface area (Å²) < 4.78 is 5.41. The van der Waals surface area contributed by atoms with Crippen molar-refractivity contribution in [2.45, 2.75) is 39.2 Å². The second kappa shape index (κ2) is 10.4. The SMILES string of the molecule is CC(C)(C)OC(=O)N1CCN(CCNC(=O)Nc2cc(N3CCCC3=O)ccc2Cl)CC1. The van der Waals surface area contributed by atoms with E-state index in [9.17, 15) is 14.4 Å². The predicted molar refractivity (Wildman–Crippen MR) is 124 cm³/mol. The number of benzene rings is 1. The topological polar surface area (TPSA) is 94.2 Å². The molecule has 2 saturated heterocycles. The molecule has 0 bridgehead atoms. The maximum Gasteiger partial charge on any atom is 0.410 e. The Balaban J connectivity index is 1.41. The highest BCUT2D eigenvalue weighted by molar-refractivity contribution is 6.33. The van der Waals surface area contributed by atoms with Crippen LogP contribution in [0.2, 0.25) is 5.02 Å². The van der Waals surface area contributed by atoms with Gasteiger partial charge in [-0.05, 0) is 45.4 Å². The van der Waals surface area contributed by atoms with Crippen molar-refractivity contribution >= 4 is 41.0 Å². The number of carbonyl (C=O) groups is 3. The molecule has 1 aromatic rings. The van der Waals surface area contributed by atoms with Crippen molar-refractivity contribution in [3.63, 3.8) is 0 Å². The second-order valence-corrected chi connectivity index (χ2v) is 9.41. The van der Waals surface area contributed by atoms with Crippen LogP contribution >= 0.6 is 11.6 Å². The van der Waals surface area contributed by atoms with Gasteiger partial charge in [0.1, 0.15) is 5.60 Å². The molecule has 0 aliphatic carbocycles. The number of piperazine rings is 1. The molecule has 2 N–H and O–H groups in total. The van der Waals surface area contributed by atoms with Gasteiger partial charge in [0.2, 0.25) is 5.91 Å². The first-order valence-electron chi connectivity index (χ1n) is 11.0.